The number of rotatable bonds is 30. The molecule has 0 saturated heterocycles. The van der Waals surface area contributed by atoms with Gasteiger partial charge < -0.3 is 24.8 Å². The molecule has 0 amide bonds. The largest absolute Gasteiger partial charge is 0.463 e. The molecule has 0 unspecified atom stereocenters. The lowest BCUT2D eigenvalue weighted by Crippen LogP contribution is -2.25. The number of unbranched alkanes of at least 4 members (excludes halogenated alkanes) is 16. The van der Waals surface area contributed by atoms with Crippen LogP contribution in [0, 0.1) is 0 Å². The van der Waals surface area contributed by atoms with E-state index in [9.17, 15) is 24.9 Å². The van der Waals surface area contributed by atoms with Crippen LogP contribution >= 0.6 is 0 Å². The molecule has 242 valence electrons. The van der Waals surface area contributed by atoms with E-state index in [-0.39, 0.29) is 31.6 Å². The summed E-state index contributed by atoms with van der Waals surface area (Å²) in [5, 5.41) is 30.1. The lowest BCUT2D eigenvalue weighted by Gasteiger charge is -2.16. The van der Waals surface area contributed by atoms with Gasteiger partial charge in [-0.05, 0) is 38.5 Å². The fraction of sp³-hybridized carbons (Fsp3) is 0.882. The Labute approximate surface area is 251 Å². The van der Waals surface area contributed by atoms with Gasteiger partial charge in [0, 0.05) is 12.8 Å². The monoisotopic (exact) mass is 584 g/mol. The van der Waals surface area contributed by atoms with E-state index < -0.39 is 18.3 Å². The minimum atomic E-state index is -1.01. The first kappa shape index (κ1) is 39.6. The molecule has 0 aromatic carbocycles. The second kappa shape index (κ2) is 30.0. The van der Waals surface area contributed by atoms with Crippen molar-refractivity contribution in [3.8, 4) is 0 Å². The lowest BCUT2D eigenvalue weighted by molar-refractivity contribution is -0.152. The lowest BCUT2D eigenvalue weighted by atomic mass is 10.0. The molecule has 0 bridgehead atoms. The Morgan fingerprint density at radius 3 is 1.51 bits per heavy atom. The van der Waals surface area contributed by atoms with E-state index in [4.69, 9.17) is 9.47 Å². The van der Waals surface area contributed by atoms with E-state index in [0.29, 0.717) is 25.7 Å². The first-order valence-corrected chi connectivity index (χ1v) is 16.9. The van der Waals surface area contributed by atoms with Crippen molar-refractivity contribution in [3.63, 3.8) is 0 Å². The molecule has 0 aromatic heterocycles. The molecule has 0 heterocycles. The van der Waals surface area contributed by atoms with Crippen LogP contribution in [0.4, 0.5) is 0 Å². The Balaban J connectivity index is 3.59. The first-order chi connectivity index (χ1) is 19.9. The highest BCUT2D eigenvalue weighted by Crippen LogP contribution is 2.14. The van der Waals surface area contributed by atoms with E-state index in [0.717, 1.165) is 51.4 Å². The van der Waals surface area contributed by atoms with Gasteiger partial charge in [0.05, 0.1) is 12.2 Å². The van der Waals surface area contributed by atoms with Crippen LogP contribution in [0.15, 0.2) is 12.2 Å². The van der Waals surface area contributed by atoms with Crippen LogP contribution in [0.2, 0.25) is 0 Å². The van der Waals surface area contributed by atoms with Gasteiger partial charge in [0.15, 0.2) is 0 Å². The molecule has 0 radical (unpaired) electrons. The van der Waals surface area contributed by atoms with E-state index >= 15 is 0 Å². The summed E-state index contributed by atoms with van der Waals surface area (Å²) in [6, 6.07) is 0. The fourth-order valence-electron chi connectivity index (χ4n) is 4.70. The average molecular weight is 585 g/mol. The third-order valence-electron chi connectivity index (χ3n) is 7.45. The smallest absolute Gasteiger partial charge is 0.305 e. The topological polar surface area (TPSA) is 113 Å². The zero-order chi connectivity index (χ0) is 30.4. The predicted octanol–water partition coefficient (Wildman–Crippen LogP) is 7.72. The number of esters is 2. The van der Waals surface area contributed by atoms with E-state index in [2.05, 4.69) is 19.9 Å². The zero-order valence-corrected chi connectivity index (χ0v) is 26.5. The Kier molecular flexibility index (Phi) is 29.0. The number of aliphatic hydroxyl groups is 3. The molecule has 0 rings (SSSR count). The van der Waals surface area contributed by atoms with Gasteiger partial charge in [0.2, 0.25) is 0 Å². The van der Waals surface area contributed by atoms with Gasteiger partial charge in [-0.3, -0.25) is 9.59 Å². The van der Waals surface area contributed by atoms with Crippen molar-refractivity contribution in [2.45, 2.75) is 180 Å². The Morgan fingerprint density at radius 2 is 1.00 bits per heavy atom. The summed E-state index contributed by atoms with van der Waals surface area (Å²) >= 11 is 0. The van der Waals surface area contributed by atoms with Crippen molar-refractivity contribution >= 4 is 11.9 Å². The molecule has 0 aliphatic rings. The molecular weight excluding hydrogens is 520 g/mol. The highest BCUT2D eigenvalue weighted by atomic mass is 16.6. The Bertz CT molecular complexity index is 622. The predicted molar refractivity (Wildman–Crippen MR) is 167 cm³/mol. The van der Waals surface area contributed by atoms with Crippen LogP contribution in [-0.4, -0.2) is 58.8 Å². The van der Waals surface area contributed by atoms with E-state index in [1.807, 2.05) is 6.08 Å². The van der Waals surface area contributed by atoms with Crippen molar-refractivity contribution in [2.24, 2.45) is 0 Å². The highest BCUT2D eigenvalue weighted by molar-refractivity contribution is 5.69. The van der Waals surface area contributed by atoms with Crippen LogP contribution in [0.3, 0.4) is 0 Å². The van der Waals surface area contributed by atoms with Crippen molar-refractivity contribution in [2.75, 3.05) is 13.2 Å². The van der Waals surface area contributed by atoms with Crippen LogP contribution in [0.1, 0.15) is 162 Å². The van der Waals surface area contributed by atoms with Crippen LogP contribution in [-0.2, 0) is 19.1 Å². The van der Waals surface area contributed by atoms with E-state index in [1.54, 1.807) is 0 Å². The molecule has 3 N–H and O–H groups in total. The summed E-state index contributed by atoms with van der Waals surface area (Å²) in [7, 11) is 0. The summed E-state index contributed by atoms with van der Waals surface area (Å²) in [5.41, 5.74) is 0. The maximum atomic E-state index is 11.9. The molecule has 0 spiro atoms. The van der Waals surface area contributed by atoms with Gasteiger partial charge in [-0.1, -0.05) is 122 Å². The standard InChI is InChI=1S/C34H64O7/c1-3-5-7-9-11-12-13-14-18-22-26-33(38)40-28-30(35)29-41-34(39)27-23-19-15-17-21-25-32(37)31(36)24-20-16-10-8-6-4-2/h16,20,30-32,35-37H,3-15,17-19,21-29H2,1-2H3/b20-16-/t30-,31+,32+/m0/s1. The van der Waals surface area contributed by atoms with Gasteiger partial charge in [-0.25, -0.2) is 0 Å². The van der Waals surface area contributed by atoms with Crippen molar-refractivity contribution in [1.82, 2.24) is 0 Å². The summed E-state index contributed by atoms with van der Waals surface area (Å²) < 4.78 is 10.2. The molecule has 0 saturated carbocycles. The van der Waals surface area contributed by atoms with Crippen molar-refractivity contribution in [3.05, 3.63) is 12.2 Å². The second-order valence-corrected chi connectivity index (χ2v) is 11.6. The average Bonchev–Trinajstić information content (AvgIpc) is 2.96. The number of aliphatic hydroxyl groups excluding tert-OH is 3. The molecule has 41 heavy (non-hydrogen) atoms. The van der Waals surface area contributed by atoms with E-state index in [1.165, 1.54) is 64.2 Å². The van der Waals surface area contributed by atoms with Gasteiger partial charge in [0.25, 0.3) is 0 Å². The third kappa shape index (κ3) is 28.5. The van der Waals surface area contributed by atoms with Crippen molar-refractivity contribution in [1.29, 1.82) is 0 Å². The van der Waals surface area contributed by atoms with Gasteiger partial charge in [-0.2, -0.15) is 0 Å². The molecule has 0 fully saturated rings. The summed E-state index contributed by atoms with van der Waals surface area (Å²) in [5.74, 6) is -0.673. The SMILES string of the molecule is CCCCC/C=C\C[C@@H](O)[C@H](O)CCCCCCCC(=O)OC[C@@H](O)COC(=O)CCCCCCCCCCCC. The number of allylic oxidation sites excluding steroid dienone is 1. The second-order valence-electron chi connectivity index (χ2n) is 11.6. The number of carbonyl (C=O) groups is 2. The highest BCUT2D eigenvalue weighted by Gasteiger charge is 2.14. The maximum absolute atomic E-state index is 11.9. The molecule has 7 heteroatoms. The molecule has 0 aliphatic heterocycles. The van der Waals surface area contributed by atoms with Crippen LogP contribution < -0.4 is 0 Å². The Morgan fingerprint density at radius 1 is 0.561 bits per heavy atom. The van der Waals surface area contributed by atoms with Crippen LogP contribution in [0.25, 0.3) is 0 Å². The zero-order valence-electron chi connectivity index (χ0n) is 26.5. The quantitative estimate of drug-likeness (QED) is 0.0450. The number of ether oxygens (including phenoxy) is 2. The van der Waals surface area contributed by atoms with Gasteiger partial charge >= 0.3 is 11.9 Å². The molecule has 7 nitrogen and oxygen atoms in total. The minimum Gasteiger partial charge on any atom is -0.463 e. The molecule has 0 aromatic rings. The summed E-state index contributed by atoms with van der Waals surface area (Å²) in [6.45, 7) is 4.08. The summed E-state index contributed by atoms with van der Waals surface area (Å²) in [6.07, 6.45) is 24.3. The maximum Gasteiger partial charge on any atom is 0.305 e. The third-order valence-corrected chi connectivity index (χ3v) is 7.45. The Hall–Kier alpha value is -1.44. The summed E-state index contributed by atoms with van der Waals surface area (Å²) in [4.78, 5) is 23.8. The van der Waals surface area contributed by atoms with Crippen molar-refractivity contribution < 1.29 is 34.4 Å². The fourth-order valence-corrected chi connectivity index (χ4v) is 4.70. The minimum absolute atomic E-state index is 0.153. The number of hydrogen-bond donors (Lipinski definition) is 3. The van der Waals surface area contributed by atoms with Crippen LogP contribution in [0.5, 0.6) is 0 Å². The van der Waals surface area contributed by atoms with Gasteiger partial charge in [-0.15, -0.1) is 0 Å². The normalized spacial score (nSPS) is 13.8. The molecular formula is C34H64O7. The first-order valence-electron chi connectivity index (χ1n) is 16.9. The number of hydrogen-bond acceptors (Lipinski definition) is 7. The number of carbonyl (C=O) groups excluding carboxylic acids is 2. The van der Waals surface area contributed by atoms with Gasteiger partial charge in [0.1, 0.15) is 19.3 Å². The molecule has 0 aliphatic carbocycles. The molecule has 3 atom stereocenters.